The van der Waals surface area contributed by atoms with E-state index in [1.165, 1.54) is 7.11 Å². The van der Waals surface area contributed by atoms with Crippen molar-refractivity contribution < 1.29 is 14.6 Å². The Bertz CT molecular complexity index is 398. The van der Waals surface area contributed by atoms with Crippen LogP contribution in [0.1, 0.15) is 31.2 Å². The Morgan fingerprint density at radius 3 is 2.47 bits per heavy atom. The number of esters is 1. The SMILES string of the molecule is COC(=O)C(C(C)C)C(O)c1cn(C)nc1C. The quantitative estimate of drug-likeness (QED) is 0.803. The summed E-state index contributed by atoms with van der Waals surface area (Å²) < 4.78 is 6.36. The molecular formula is C12H20N2O3. The van der Waals surface area contributed by atoms with E-state index in [1.54, 1.807) is 17.9 Å². The fourth-order valence-electron chi connectivity index (χ4n) is 2.00. The van der Waals surface area contributed by atoms with Gasteiger partial charge in [0.05, 0.1) is 24.8 Å². The number of hydrogen-bond donors (Lipinski definition) is 1. The first kappa shape index (κ1) is 13.7. The summed E-state index contributed by atoms with van der Waals surface area (Å²) in [6.07, 6.45) is 0.856. The molecule has 0 saturated carbocycles. The highest BCUT2D eigenvalue weighted by molar-refractivity contribution is 5.73. The monoisotopic (exact) mass is 240 g/mol. The van der Waals surface area contributed by atoms with Gasteiger partial charge in [0.25, 0.3) is 0 Å². The first-order chi connectivity index (χ1) is 7.88. The van der Waals surface area contributed by atoms with E-state index >= 15 is 0 Å². The summed E-state index contributed by atoms with van der Waals surface area (Å²) in [4.78, 5) is 11.7. The van der Waals surface area contributed by atoms with Gasteiger partial charge < -0.3 is 9.84 Å². The molecule has 1 rings (SSSR count). The molecule has 0 aliphatic carbocycles. The first-order valence-corrected chi connectivity index (χ1v) is 5.64. The summed E-state index contributed by atoms with van der Waals surface area (Å²) in [5, 5.41) is 14.5. The molecule has 2 atom stereocenters. The molecule has 5 heteroatoms. The third kappa shape index (κ3) is 2.85. The van der Waals surface area contributed by atoms with Crippen LogP contribution < -0.4 is 0 Å². The second kappa shape index (κ2) is 5.31. The van der Waals surface area contributed by atoms with E-state index in [9.17, 15) is 9.90 Å². The average Bonchev–Trinajstić information content (AvgIpc) is 2.57. The zero-order valence-electron chi connectivity index (χ0n) is 11.0. The normalized spacial score (nSPS) is 14.8. The van der Waals surface area contributed by atoms with Gasteiger partial charge in [-0.3, -0.25) is 9.48 Å². The van der Waals surface area contributed by atoms with E-state index in [-0.39, 0.29) is 5.92 Å². The van der Waals surface area contributed by atoms with Gasteiger partial charge in [0, 0.05) is 18.8 Å². The Labute approximate surface area is 101 Å². The van der Waals surface area contributed by atoms with E-state index in [2.05, 4.69) is 5.10 Å². The average molecular weight is 240 g/mol. The predicted molar refractivity (Wildman–Crippen MR) is 63.2 cm³/mol. The number of methoxy groups -OCH3 is 1. The van der Waals surface area contributed by atoms with Crippen LogP contribution in [-0.4, -0.2) is 28.0 Å². The molecule has 1 N–H and O–H groups in total. The van der Waals surface area contributed by atoms with Crippen molar-refractivity contribution in [1.29, 1.82) is 0 Å². The molecule has 0 spiro atoms. The second-order valence-electron chi connectivity index (χ2n) is 4.58. The molecule has 1 aromatic heterocycles. The van der Waals surface area contributed by atoms with Gasteiger partial charge in [-0.2, -0.15) is 5.10 Å². The van der Waals surface area contributed by atoms with E-state index < -0.39 is 18.0 Å². The lowest BCUT2D eigenvalue weighted by Crippen LogP contribution is -2.28. The van der Waals surface area contributed by atoms with Gasteiger partial charge in [-0.05, 0) is 12.8 Å². The molecule has 0 fully saturated rings. The topological polar surface area (TPSA) is 64.3 Å². The highest BCUT2D eigenvalue weighted by Gasteiger charge is 2.33. The van der Waals surface area contributed by atoms with Gasteiger partial charge in [-0.1, -0.05) is 13.8 Å². The summed E-state index contributed by atoms with van der Waals surface area (Å²) >= 11 is 0. The summed E-state index contributed by atoms with van der Waals surface area (Å²) in [7, 11) is 3.12. The zero-order valence-corrected chi connectivity index (χ0v) is 11.0. The first-order valence-electron chi connectivity index (χ1n) is 5.64. The minimum Gasteiger partial charge on any atom is -0.469 e. The largest absolute Gasteiger partial charge is 0.469 e. The van der Waals surface area contributed by atoms with Crippen molar-refractivity contribution in [3.05, 3.63) is 17.5 Å². The van der Waals surface area contributed by atoms with Gasteiger partial charge in [0.15, 0.2) is 0 Å². The van der Waals surface area contributed by atoms with E-state index in [0.717, 1.165) is 5.69 Å². The summed E-state index contributed by atoms with van der Waals surface area (Å²) in [5.41, 5.74) is 1.41. The Balaban J connectivity index is 3.03. The van der Waals surface area contributed by atoms with Crippen LogP contribution in [0.5, 0.6) is 0 Å². The van der Waals surface area contributed by atoms with Crippen LogP contribution in [0, 0.1) is 18.8 Å². The van der Waals surface area contributed by atoms with E-state index in [0.29, 0.717) is 5.56 Å². The maximum atomic E-state index is 11.7. The van der Waals surface area contributed by atoms with Crippen molar-refractivity contribution in [2.75, 3.05) is 7.11 Å². The molecule has 1 aromatic rings. The fourth-order valence-corrected chi connectivity index (χ4v) is 2.00. The number of aryl methyl sites for hydroxylation is 2. The minimum absolute atomic E-state index is 0.00273. The third-order valence-electron chi connectivity index (χ3n) is 2.90. The molecule has 96 valence electrons. The smallest absolute Gasteiger partial charge is 0.311 e. The molecular weight excluding hydrogens is 220 g/mol. The Hall–Kier alpha value is -1.36. The molecule has 1 heterocycles. The second-order valence-corrected chi connectivity index (χ2v) is 4.58. The molecule has 2 unspecified atom stereocenters. The lowest BCUT2D eigenvalue weighted by Gasteiger charge is -2.23. The number of nitrogens with zero attached hydrogens (tertiary/aromatic N) is 2. The van der Waals surface area contributed by atoms with E-state index in [4.69, 9.17) is 4.74 Å². The lowest BCUT2D eigenvalue weighted by molar-refractivity contribution is -0.152. The summed E-state index contributed by atoms with van der Waals surface area (Å²) in [6, 6.07) is 0. The highest BCUT2D eigenvalue weighted by Crippen LogP contribution is 2.30. The van der Waals surface area contributed by atoms with Crippen LogP contribution in [0.15, 0.2) is 6.20 Å². The molecule has 0 aliphatic rings. The minimum atomic E-state index is -0.879. The maximum absolute atomic E-state index is 11.7. The van der Waals surface area contributed by atoms with Crippen molar-refractivity contribution in [3.8, 4) is 0 Å². The number of rotatable bonds is 4. The van der Waals surface area contributed by atoms with Crippen molar-refractivity contribution >= 4 is 5.97 Å². The van der Waals surface area contributed by atoms with Gasteiger partial charge in [-0.15, -0.1) is 0 Å². The third-order valence-corrected chi connectivity index (χ3v) is 2.90. The lowest BCUT2D eigenvalue weighted by atomic mass is 9.87. The molecule has 0 amide bonds. The fraction of sp³-hybridized carbons (Fsp3) is 0.667. The Morgan fingerprint density at radius 2 is 2.12 bits per heavy atom. The Kier molecular flexibility index (Phi) is 4.28. The van der Waals surface area contributed by atoms with Crippen LogP contribution in [0.2, 0.25) is 0 Å². The molecule has 0 radical (unpaired) electrons. The van der Waals surface area contributed by atoms with Crippen LogP contribution in [0.25, 0.3) is 0 Å². The molecule has 0 saturated heterocycles. The van der Waals surface area contributed by atoms with E-state index in [1.807, 2.05) is 20.8 Å². The van der Waals surface area contributed by atoms with Crippen molar-refractivity contribution in [3.63, 3.8) is 0 Å². The van der Waals surface area contributed by atoms with Crippen molar-refractivity contribution in [2.24, 2.45) is 18.9 Å². The van der Waals surface area contributed by atoms with Crippen LogP contribution >= 0.6 is 0 Å². The number of aliphatic hydroxyl groups excluding tert-OH is 1. The van der Waals surface area contributed by atoms with Gasteiger partial charge in [-0.25, -0.2) is 0 Å². The number of carbonyl (C=O) groups is 1. The van der Waals surface area contributed by atoms with Gasteiger partial charge >= 0.3 is 5.97 Å². The molecule has 0 aromatic carbocycles. The number of hydrogen-bond acceptors (Lipinski definition) is 4. The molecule has 17 heavy (non-hydrogen) atoms. The summed E-state index contributed by atoms with van der Waals surface area (Å²) in [5.74, 6) is -0.962. The predicted octanol–water partition coefficient (Wildman–Crippen LogP) is 1.21. The van der Waals surface area contributed by atoms with Crippen molar-refractivity contribution in [1.82, 2.24) is 9.78 Å². The molecule has 0 bridgehead atoms. The number of ether oxygens (including phenoxy) is 1. The zero-order chi connectivity index (χ0) is 13.2. The molecule has 5 nitrogen and oxygen atoms in total. The summed E-state index contributed by atoms with van der Waals surface area (Å²) in [6.45, 7) is 5.58. The number of carbonyl (C=O) groups excluding carboxylic acids is 1. The van der Waals surface area contributed by atoms with Crippen LogP contribution in [-0.2, 0) is 16.6 Å². The maximum Gasteiger partial charge on any atom is 0.311 e. The number of aliphatic hydroxyl groups is 1. The standard InChI is InChI=1S/C12H20N2O3/c1-7(2)10(12(16)17-5)11(15)9-6-14(4)13-8(9)3/h6-7,10-11,15H,1-5H3. The molecule has 0 aliphatic heterocycles. The van der Waals surface area contributed by atoms with Crippen molar-refractivity contribution in [2.45, 2.75) is 26.9 Å². The van der Waals surface area contributed by atoms with Crippen LogP contribution in [0.3, 0.4) is 0 Å². The highest BCUT2D eigenvalue weighted by atomic mass is 16.5. The number of aromatic nitrogens is 2. The van der Waals surface area contributed by atoms with Gasteiger partial charge in [0.1, 0.15) is 0 Å². The Morgan fingerprint density at radius 1 is 1.53 bits per heavy atom. The van der Waals surface area contributed by atoms with Crippen LogP contribution in [0.4, 0.5) is 0 Å². The van der Waals surface area contributed by atoms with Gasteiger partial charge in [0.2, 0.25) is 0 Å².